The van der Waals surface area contributed by atoms with E-state index in [1.54, 1.807) is 0 Å². The van der Waals surface area contributed by atoms with Crippen molar-refractivity contribution in [3.63, 3.8) is 0 Å². The molecule has 0 unspecified atom stereocenters. The molecule has 0 aromatic carbocycles. The van der Waals surface area contributed by atoms with Crippen LogP contribution in [0, 0.1) is 28.1 Å². The molecule has 0 saturated heterocycles. The summed E-state index contributed by atoms with van der Waals surface area (Å²) in [4.78, 5) is 0. The third-order valence-electron chi connectivity index (χ3n) is 8.23. The molecule has 0 radical (unpaired) electrons. The maximum Gasteiger partial charge on any atom is 0.0756 e. The third kappa shape index (κ3) is 2.06. The fraction of sp³-hybridized carbons (Fsp3) is 0.900. The van der Waals surface area contributed by atoms with Gasteiger partial charge in [-0.25, -0.2) is 0 Å². The average Bonchev–Trinajstić information content (AvgIpc) is 2.50. The summed E-state index contributed by atoms with van der Waals surface area (Å²) in [6, 6.07) is 0. The number of allylic oxidation sites excluding steroid dienone is 1. The van der Waals surface area contributed by atoms with Gasteiger partial charge in [-0.05, 0) is 67.6 Å². The summed E-state index contributed by atoms with van der Waals surface area (Å²) >= 11 is 0. The molecular weight excluding hydrogens is 272 g/mol. The van der Waals surface area contributed by atoms with Crippen molar-refractivity contribution in [2.24, 2.45) is 28.1 Å². The maximum absolute atomic E-state index is 11.6. The van der Waals surface area contributed by atoms with Gasteiger partial charge in [-0.2, -0.15) is 0 Å². The molecule has 0 bridgehead atoms. The van der Waals surface area contributed by atoms with Crippen LogP contribution in [0.3, 0.4) is 0 Å². The van der Waals surface area contributed by atoms with E-state index in [0.717, 1.165) is 32.1 Å². The SMILES string of the molecule is C=C[C@@]1(C)CC[C@@]2(C)[C@@H](CC[C@]3(O)[C@@H]2CCC[C@@]3(C)CO)C1. The Morgan fingerprint density at radius 3 is 2.45 bits per heavy atom. The van der Waals surface area contributed by atoms with E-state index in [1.165, 1.54) is 19.3 Å². The van der Waals surface area contributed by atoms with Crippen LogP contribution in [0.2, 0.25) is 0 Å². The van der Waals surface area contributed by atoms with Crippen LogP contribution in [-0.2, 0) is 0 Å². The van der Waals surface area contributed by atoms with Gasteiger partial charge < -0.3 is 10.2 Å². The van der Waals surface area contributed by atoms with E-state index in [0.29, 0.717) is 11.8 Å². The van der Waals surface area contributed by atoms with Crippen molar-refractivity contribution in [1.29, 1.82) is 0 Å². The zero-order chi connectivity index (χ0) is 16.2. The van der Waals surface area contributed by atoms with Crippen molar-refractivity contribution >= 4 is 0 Å². The minimum Gasteiger partial charge on any atom is -0.396 e. The van der Waals surface area contributed by atoms with E-state index >= 15 is 0 Å². The van der Waals surface area contributed by atoms with Crippen LogP contribution in [0.4, 0.5) is 0 Å². The molecule has 0 heterocycles. The number of rotatable bonds is 2. The van der Waals surface area contributed by atoms with Crippen LogP contribution in [0.1, 0.15) is 72.1 Å². The van der Waals surface area contributed by atoms with E-state index in [2.05, 4.69) is 33.4 Å². The van der Waals surface area contributed by atoms with E-state index < -0.39 is 5.60 Å². The molecular formula is C20H34O2. The van der Waals surface area contributed by atoms with Gasteiger partial charge in [0, 0.05) is 5.41 Å². The lowest BCUT2D eigenvalue weighted by Gasteiger charge is -2.65. The predicted molar refractivity (Wildman–Crippen MR) is 90.5 cm³/mol. The largest absolute Gasteiger partial charge is 0.396 e. The summed E-state index contributed by atoms with van der Waals surface area (Å²) in [7, 11) is 0. The lowest BCUT2D eigenvalue weighted by Crippen LogP contribution is -2.65. The highest BCUT2D eigenvalue weighted by molar-refractivity contribution is 5.15. The molecule has 3 aliphatic rings. The summed E-state index contributed by atoms with van der Waals surface area (Å²) in [6.45, 7) is 11.1. The van der Waals surface area contributed by atoms with E-state index in [-0.39, 0.29) is 22.9 Å². The van der Waals surface area contributed by atoms with Gasteiger partial charge >= 0.3 is 0 Å². The Morgan fingerprint density at radius 1 is 1.09 bits per heavy atom. The Morgan fingerprint density at radius 2 is 1.82 bits per heavy atom. The maximum atomic E-state index is 11.6. The van der Waals surface area contributed by atoms with Crippen molar-refractivity contribution in [2.45, 2.75) is 77.7 Å². The molecule has 0 aliphatic heterocycles. The fourth-order valence-electron chi connectivity index (χ4n) is 6.27. The lowest BCUT2D eigenvalue weighted by molar-refractivity contribution is -0.238. The van der Waals surface area contributed by atoms with E-state index in [4.69, 9.17) is 0 Å². The van der Waals surface area contributed by atoms with Gasteiger partial charge in [-0.15, -0.1) is 6.58 Å². The number of fused-ring (bicyclic) bond motifs is 3. The summed E-state index contributed by atoms with van der Waals surface area (Å²) in [6.07, 6.45) is 10.9. The first kappa shape index (κ1) is 16.5. The zero-order valence-electron chi connectivity index (χ0n) is 14.7. The molecule has 3 fully saturated rings. The van der Waals surface area contributed by atoms with Gasteiger partial charge in [0.1, 0.15) is 0 Å². The first-order valence-corrected chi connectivity index (χ1v) is 9.20. The van der Waals surface area contributed by atoms with Gasteiger partial charge in [0.25, 0.3) is 0 Å². The average molecular weight is 306 g/mol. The van der Waals surface area contributed by atoms with Crippen molar-refractivity contribution < 1.29 is 10.2 Å². The molecule has 126 valence electrons. The number of hydrogen-bond donors (Lipinski definition) is 2. The molecule has 0 spiro atoms. The van der Waals surface area contributed by atoms with Crippen LogP contribution in [-0.4, -0.2) is 22.4 Å². The minimum absolute atomic E-state index is 0.116. The normalized spacial score (nSPS) is 55.1. The van der Waals surface area contributed by atoms with Gasteiger partial charge in [0.2, 0.25) is 0 Å². The Hall–Kier alpha value is -0.340. The van der Waals surface area contributed by atoms with Crippen molar-refractivity contribution in [2.75, 3.05) is 6.61 Å². The molecule has 0 aromatic heterocycles. The molecule has 3 aliphatic carbocycles. The first-order valence-electron chi connectivity index (χ1n) is 9.20. The molecule has 3 rings (SSSR count). The van der Waals surface area contributed by atoms with Crippen molar-refractivity contribution in [3.8, 4) is 0 Å². The second-order valence-corrected chi connectivity index (χ2v) is 9.39. The molecule has 0 amide bonds. The second-order valence-electron chi connectivity index (χ2n) is 9.39. The smallest absolute Gasteiger partial charge is 0.0756 e. The zero-order valence-corrected chi connectivity index (χ0v) is 14.7. The van der Waals surface area contributed by atoms with E-state index in [1.807, 2.05) is 0 Å². The summed E-state index contributed by atoms with van der Waals surface area (Å²) in [5.41, 5.74) is -0.489. The first-order chi connectivity index (χ1) is 10.2. The monoisotopic (exact) mass is 306 g/mol. The van der Waals surface area contributed by atoms with Crippen LogP contribution >= 0.6 is 0 Å². The van der Waals surface area contributed by atoms with Crippen LogP contribution < -0.4 is 0 Å². The summed E-state index contributed by atoms with van der Waals surface area (Å²) in [5.74, 6) is 1.04. The summed E-state index contributed by atoms with van der Waals surface area (Å²) < 4.78 is 0. The van der Waals surface area contributed by atoms with Gasteiger partial charge in [0.15, 0.2) is 0 Å². The Bertz CT molecular complexity index is 461. The quantitative estimate of drug-likeness (QED) is 0.746. The Labute approximate surface area is 136 Å². The second kappa shape index (κ2) is 5.08. The molecule has 0 aromatic rings. The van der Waals surface area contributed by atoms with Gasteiger partial charge in [-0.1, -0.05) is 33.3 Å². The topological polar surface area (TPSA) is 40.5 Å². The molecule has 3 saturated carbocycles. The predicted octanol–water partition coefficient (Wildman–Crippen LogP) is 4.31. The molecule has 2 nitrogen and oxygen atoms in total. The molecule has 22 heavy (non-hydrogen) atoms. The van der Waals surface area contributed by atoms with Crippen LogP contribution in [0.5, 0.6) is 0 Å². The lowest BCUT2D eigenvalue weighted by atomic mass is 9.42. The highest BCUT2D eigenvalue weighted by Crippen LogP contribution is 2.66. The molecule has 6 atom stereocenters. The van der Waals surface area contributed by atoms with Crippen molar-refractivity contribution in [3.05, 3.63) is 12.7 Å². The van der Waals surface area contributed by atoms with Gasteiger partial charge in [-0.3, -0.25) is 0 Å². The molecule has 2 heteroatoms. The molecule has 2 N–H and O–H groups in total. The summed E-state index contributed by atoms with van der Waals surface area (Å²) in [5, 5.41) is 21.6. The van der Waals surface area contributed by atoms with Crippen molar-refractivity contribution in [1.82, 2.24) is 0 Å². The van der Waals surface area contributed by atoms with Crippen LogP contribution in [0.25, 0.3) is 0 Å². The highest BCUT2D eigenvalue weighted by Gasteiger charge is 2.63. The Kier molecular flexibility index (Phi) is 3.81. The highest BCUT2D eigenvalue weighted by atomic mass is 16.3. The standard InChI is InChI=1S/C20H34O2/c1-5-17(2)11-12-19(4)15(13-17)8-10-20(22)16(19)7-6-9-18(20,3)14-21/h5,15-16,21-22H,1,6-14H2,2-4H3/t15-,16+,17-,18-,19-,20-/m0/s1. The van der Waals surface area contributed by atoms with E-state index in [9.17, 15) is 10.2 Å². The fourth-order valence-corrected chi connectivity index (χ4v) is 6.27. The number of aliphatic hydroxyl groups is 2. The van der Waals surface area contributed by atoms with Gasteiger partial charge in [0.05, 0.1) is 12.2 Å². The number of hydrogen-bond acceptors (Lipinski definition) is 2. The number of aliphatic hydroxyl groups excluding tert-OH is 1. The third-order valence-corrected chi connectivity index (χ3v) is 8.23. The minimum atomic E-state index is -0.673. The Balaban J connectivity index is 1.95. The van der Waals surface area contributed by atoms with Crippen LogP contribution in [0.15, 0.2) is 12.7 Å².